The normalized spacial score (nSPS) is 13.8. The van der Waals surface area contributed by atoms with Crippen LogP contribution in [0, 0.1) is 0 Å². The van der Waals surface area contributed by atoms with E-state index in [4.69, 9.17) is 4.74 Å². The first-order chi connectivity index (χ1) is 13.6. The van der Waals surface area contributed by atoms with Crippen molar-refractivity contribution < 1.29 is 14.3 Å². The highest BCUT2D eigenvalue weighted by atomic mass is 16.5. The molecule has 0 atom stereocenters. The molecule has 0 spiro atoms. The van der Waals surface area contributed by atoms with Gasteiger partial charge in [-0.05, 0) is 42.7 Å². The highest BCUT2D eigenvalue weighted by molar-refractivity contribution is 5.96. The van der Waals surface area contributed by atoms with Gasteiger partial charge in [0.15, 0.2) is 0 Å². The largest absolute Gasteiger partial charge is 0.497 e. The summed E-state index contributed by atoms with van der Waals surface area (Å²) >= 11 is 0. The van der Waals surface area contributed by atoms with Crippen LogP contribution < -0.4 is 20.3 Å². The predicted octanol–water partition coefficient (Wildman–Crippen LogP) is 3.47. The Bertz CT molecular complexity index is 771. The zero-order valence-electron chi connectivity index (χ0n) is 16.2. The van der Waals surface area contributed by atoms with Gasteiger partial charge in [0.2, 0.25) is 5.91 Å². The Morgan fingerprint density at radius 3 is 2.36 bits per heavy atom. The zero-order valence-corrected chi connectivity index (χ0v) is 16.2. The van der Waals surface area contributed by atoms with Crippen molar-refractivity contribution in [2.75, 3.05) is 18.6 Å². The first-order valence-corrected chi connectivity index (χ1v) is 9.67. The van der Waals surface area contributed by atoms with Crippen LogP contribution in [0.25, 0.3) is 0 Å². The molecule has 6 nitrogen and oxygen atoms in total. The van der Waals surface area contributed by atoms with E-state index in [0.717, 1.165) is 42.7 Å². The summed E-state index contributed by atoms with van der Waals surface area (Å²) in [4.78, 5) is 26.5. The molecule has 0 unspecified atom stereocenters. The number of rotatable bonds is 7. The summed E-state index contributed by atoms with van der Waals surface area (Å²) in [6.45, 7) is 0.643. The maximum atomic E-state index is 12.5. The van der Waals surface area contributed by atoms with Gasteiger partial charge in [0.05, 0.1) is 13.7 Å². The summed E-state index contributed by atoms with van der Waals surface area (Å²) in [5.74, 6) is 0.422. The molecular weight excluding hydrogens is 354 g/mol. The van der Waals surface area contributed by atoms with Gasteiger partial charge in [0.25, 0.3) is 0 Å². The topological polar surface area (TPSA) is 70.7 Å². The number of nitrogens with one attached hydrogen (secondary N) is 2. The summed E-state index contributed by atoms with van der Waals surface area (Å²) in [6, 6.07) is 17.2. The Balaban J connectivity index is 1.65. The quantitative estimate of drug-likeness (QED) is 0.770. The number of carbonyl (C=O) groups is 2. The maximum absolute atomic E-state index is 12.5. The third-order valence-electron chi connectivity index (χ3n) is 4.93. The van der Waals surface area contributed by atoms with Gasteiger partial charge in [-0.2, -0.15) is 0 Å². The van der Waals surface area contributed by atoms with Gasteiger partial charge in [-0.1, -0.05) is 43.2 Å². The molecule has 3 amide bonds. The van der Waals surface area contributed by atoms with Crippen LogP contribution in [0.5, 0.6) is 5.75 Å². The molecule has 1 aliphatic rings. The lowest BCUT2D eigenvalue weighted by Gasteiger charge is -2.24. The van der Waals surface area contributed by atoms with Gasteiger partial charge in [-0.3, -0.25) is 10.1 Å². The Kier molecular flexibility index (Phi) is 6.89. The number of hydrogen-bond acceptors (Lipinski definition) is 4. The second-order valence-corrected chi connectivity index (χ2v) is 7.04. The fraction of sp³-hybridized carbons (Fsp3) is 0.364. The number of amides is 3. The summed E-state index contributed by atoms with van der Waals surface area (Å²) < 4.78 is 5.21. The van der Waals surface area contributed by atoms with Crippen LogP contribution >= 0.6 is 0 Å². The highest BCUT2D eigenvalue weighted by Crippen LogP contribution is 2.21. The molecule has 0 aromatic heterocycles. The van der Waals surface area contributed by atoms with Gasteiger partial charge in [-0.15, -0.1) is 0 Å². The number of carbonyl (C=O) groups excluding carboxylic acids is 2. The molecule has 2 aromatic carbocycles. The van der Waals surface area contributed by atoms with Gasteiger partial charge in [0, 0.05) is 18.3 Å². The van der Waals surface area contributed by atoms with E-state index in [9.17, 15) is 9.59 Å². The van der Waals surface area contributed by atoms with Crippen molar-refractivity contribution in [2.45, 2.75) is 38.3 Å². The van der Waals surface area contributed by atoms with Gasteiger partial charge >= 0.3 is 6.03 Å². The summed E-state index contributed by atoms with van der Waals surface area (Å²) in [5, 5.41) is 5.34. The van der Waals surface area contributed by atoms with E-state index < -0.39 is 6.03 Å². The second-order valence-electron chi connectivity index (χ2n) is 7.04. The molecule has 0 saturated heterocycles. The van der Waals surface area contributed by atoms with Crippen molar-refractivity contribution in [1.29, 1.82) is 0 Å². The maximum Gasteiger partial charge on any atom is 0.321 e. The van der Waals surface area contributed by atoms with Gasteiger partial charge in [-0.25, -0.2) is 4.79 Å². The minimum Gasteiger partial charge on any atom is -0.497 e. The fourth-order valence-electron chi connectivity index (χ4n) is 3.47. The van der Waals surface area contributed by atoms with E-state index in [-0.39, 0.29) is 18.5 Å². The lowest BCUT2D eigenvalue weighted by atomic mass is 10.2. The molecule has 1 aliphatic carbocycles. The summed E-state index contributed by atoms with van der Waals surface area (Å²) in [5.41, 5.74) is 1.97. The first kappa shape index (κ1) is 19.7. The first-order valence-electron chi connectivity index (χ1n) is 9.67. The number of hydrogen-bond donors (Lipinski definition) is 2. The van der Waals surface area contributed by atoms with Crippen molar-refractivity contribution in [3.63, 3.8) is 0 Å². The van der Waals surface area contributed by atoms with Crippen LogP contribution in [-0.4, -0.2) is 31.6 Å². The van der Waals surface area contributed by atoms with Crippen LogP contribution in [0.1, 0.15) is 31.2 Å². The van der Waals surface area contributed by atoms with Gasteiger partial charge < -0.3 is 15.0 Å². The number of urea groups is 1. The average molecular weight is 381 g/mol. The smallest absolute Gasteiger partial charge is 0.321 e. The number of anilines is 1. The van der Waals surface area contributed by atoms with Crippen molar-refractivity contribution >= 4 is 17.6 Å². The van der Waals surface area contributed by atoms with Crippen LogP contribution in [0.3, 0.4) is 0 Å². The number of ether oxygens (including phenoxy) is 1. The summed E-state index contributed by atoms with van der Waals surface area (Å²) in [7, 11) is 1.62. The molecule has 3 rings (SSSR count). The van der Waals surface area contributed by atoms with Crippen LogP contribution in [0.2, 0.25) is 0 Å². The molecule has 6 heteroatoms. The summed E-state index contributed by atoms with van der Waals surface area (Å²) in [6.07, 6.45) is 4.21. The van der Waals surface area contributed by atoms with E-state index >= 15 is 0 Å². The molecule has 0 heterocycles. The standard InChI is InChI=1S/C22H27N3O3/c1-28-20-13-11-19(12-14-20)25(15-17-7-3-2-4-8-17)16-21(26)24-22(27)23-18-9-5-6-10-18/h2-4,7-8,11-14,18H,5-6,9-10,15-16H2,1H3,(H2,23,24,26,27). The minimum atomic E-state index is -0.411. The van der Waals surface area contributed by atoms with Crippen molar-refractivity contribution in [1.82, 2.24) is 10.6 Å². The lowest BCUT2D eigenvalue weighted by Crippen LogP contribution is -2.47. The second kappa shape index (κ2) is 9.78. The molecular formula is C22H27N3O3. The van der Waals surface area contributed by atoms with Crippen LogP contribution in [0.15, 0.2) is 54.6 Å². The van der Waals surface area contributed by atoms with Crippen molar-refractivity contribution in [3.05, 3.63) is 60.2 Å². The fourth-order valence-corrected chi connectivity index (χ4v) is 3.47. The molecule has 1 saturated carbocycles. The van der Waals surface area contributed by atoms with E-state index in [1.54, 1.807) is 7.11 Å². The molecule has 28 heavy (non-hydrogen) atoms. The minimum absolute atomic E-state index is 0.0826. The third kappa shape index (κ3) is 5.74. The molecule has 0 radical (unpaired) electrons. The number of benzene rings is 2. The Morgan fingerprint density at radius 2 is 1.71 bits per heavy atom. The Morgan fingerprint density at radius 1 is 1.04 bits per heavy atom. The molecule has 0 bridgehead atoms. The Labute approximate surface area is 165 Å². The average Bonchev–Trinajstić information content (AvgIpc) is 3.21. The molecule has 148 valence electrons. The van der Waals surface area contributed by atoms with Crippen LogP contribution in [0.4, 0.5) is 10.5 Å². The third-order valence-corrected chi connectivity index (χ3v) is 4.93. The number of nitrogens with zero attached hydrogens (tertiary/aromatic N) is 1. The Hall–Kier alpha value is -3.02. The SMILES string of the molecule is COc1ccc(N(CC(=O)NC(=O)NC2CCCC2)Cc2ccccc2)cc1. The lowest BCUT2D eigenvalue weighted by molar-refractivity contribution is -0.118. The molecule has 2 aromatic rings. The van der Waals surface area contributed by atoms with Gasteiger partial charge in [0.1, 0.15) is 5.75 Å². The number of imide groups is 1. The number of methoxy groups -OCH3 is 1. The molecule has 1 fully saturated rings. The van der Waals surface area contributed by atoms with Crippen LogP contribution in [-0.2, 0) is 11.3 Å². The van der Waals surface area contributed by atoms with E-state index in [1.807, 2.05) is 59.5 Å². The predicted molar refractivity (Wildman–Crippen MR) is 109 cm³/mol. The van der Waals surface area contributed by atoms with E-state index in [0.29, 0.717) is 6.54 Å². The van der Waals surface area contributed by atoms with Crippen molar-refractivity contribution in [3.8, 4) is 5.75 Å². The monoisotopic (exact) mass is 381 g/mol. The highest BCUT2D eigenvalue weighted by Gasteiger charge is 2.19. The zero-order chi connectivity index (χ0) is 19.8. The van der Waals surface area contributed by atoms with Crippen molar-refractivity contribution in [2.24, 2.45) is 0 Å². The van der Waals surface area contributed by atoms with E-state index in [2.05, 4.69) is 10.6 Å². The van der Waals surface area contributed by atoms with E-state index in [1.165, 1.54) is 0 Å². The molecule has 2 N–H and O–H groups in total. The molecule has 0 aliphatic heterocycles.